The van der Waals surface area contributed by atoms with Crippen molar-refractivity contribution in [3.8, 4) is 0 Å². The third-order valence-electron chi connectivity index (χ3n) is 5.07. The molecule has 0 spiro atoms. The molecule has 1 aliphatic heterocycles. The van der Waals surface area contributed by atoms with Gasteiger partial charge in [0.05, 0.1) is 24.8 Å². The topological polar surface area (TPSA) is 114 Å². The maximum Gasteiger partial charge on any atom is 0.357 e. The van der Waals surface area contributed by atoms with E-state index in [2.05, 4.69) is 15.5 Å². The summed E-state index contributed by atoms with van der Waals surface area (Å²) in [7, 11) is 0. The van der Waals surface area contributed by atoms with Crippen LogP contribution in [0.1, 0.15) is 44.8 Å². The van der Waals surface area contributed by atoms with Crippen molar-refractivity contribution < 1.29 is 24.2 Å². The number of ether oxygens (including phenoxy) is 2. The molecule has 1 amide bonds. The van der Waals surface area contributed by atoms with Crippen molar-refractivity contribution in [2.24, 2.45) is 0 Å². The summed E-state index contributed by atoms with van der Waals surface area (Å²) in [5.74, 6) is -1.42. The minimum absolute atomic E-state index is 0.102. The summed E-state index contributed by atoms with van der Waals surface area (Å²) in [5.41, 5.74) is 2.83. The molecule has 2 heterocycles. The number of nitrogens with zero attached hydrogens (tertiary/aromatic N) is 1. The number of rotatable bonds is 8. The van der Waals surface area contributed by atoms with Crippen LogP contribution in [-0.4, -0.2) is 46.5 Å². The molecule has 0 radical (unpaired) electrons. The second kappa shape index (κ2) is 9.06. The van der Waals surface area contributed by atoms with Gasteiger partial charge < -0.3 is 19.9 Å². The van der Waals surface area contributed by atoms with E-state index < -0.39 is 5.97 Å². The second-order valence-electron chi connectivity index (χ2n) is 7.29. The Kier molecular flexibility index (Phi) is 6.06. The van der Waals surface area contributed by atoms with Crippen LogP contribution in [0.2, 0.25) is 0 Å². The fourth-order valence-corrected chi connectivity index (χ4v) is 3.52. The van der Waals surface area contributed by atoms with E-state index in [0.29, 0.717) is 36.2 Å². The fraction of sp³-hybridized carbons (Fsp3) is 0.318. The van der Waals surface area contributed by atoms with Crippen LogP contribution in [0.25, 0.3) is 10.9 Å². The van der Waals surface area contributed by atoms with Gasteiger partial charge in [0.25, 0.3) is 5.91 Å². The zero-order valence-electron chi connectivity index (χ0n) is 16.4. The zero-order valence-corrected chi connectivity index (χ0v) is 16.4. The number of aromatic nitrogens is 2. The third kappa shape index (κ3) is 4.67. The fourth-order valence-electron chi connectivity index (χ4n) is 3.52. The summed E-state index contributed by atoms with van der Waals surface area (Å²) < 4.78 is 11.3. The number of benzene rings is 2. The maximum atomic E-state index is 12.5. The molecule has 2 aromatic carbocycles. The standard InChI is InChI=1S/C22H23N3O5/c26-21(16-6-7-19-18(10-16)20(22(27)28)25-24-19)23-11-14-3-1-4-15(9-14)12-29-13-17-5-2-8-30-17/h1,3-4,6-7,9-10,17H,2,5,8,11-13H2,(H,23,26)(H,24,25)(H,27,28). The molecule has 1 aromatic heterocycles. The zero-order chi connectivity index (χ0) is 20.9. The molecule has 156 valence electrons. The van der Waals surface area contributed by atoms with Crippen molar-refractivity contribution in [2.45, 2.75) is 32.1 Å². The summed E-state index contributed by atoms with van der Waals surface area (Å²) in [5, 5.41) is 18.9. The van der Waals surface area contributed by atoms with Gasteiger partial charge in [0.15, 0.2) is 5.69 Å². The normalized spacial score (nSPS) is 16.1. The van der Waals surface area contributed by atoms with E-state index >= 15 is 0 Å². The predicted molar refractivity (Wildman–Crippen MR) is 109 cm³/mol. The molecule has 1 fully saturated rings. The average molecular weight is 409 g/mol. The van der Waals surface area contributed by atoms with Crippen molar-refractivity contribution in [3.63, 3.8) is 0 Å². The SMILES string of the molecule is O=C(NCc1cccc(COCC2CCCO2)c1)c1ccc2[nH]nc(C(=O)O)c2c1. The van der Waals surface area contributed by atoms with Crippen molar-refractivity contribution >= 4 is 22.8 Å². The highest BCUT2D eigenvalue weighted by atomic mass is 16.5. The van der Waals surface area contributed by atoms with Crippen LogP contribution in [-0.2, 0) is 22.6 Å². The Balaban J connectivity index is 1.35. The summed E-state index contributed by atoms with van der Waals surface area (Å²) in [6, 6.07) is 12.7. The lowest BCUT2D eigenvalue weighted by Gasteiger charge is -2.11. The molecule has 8 heteroatoms. The van der Waals surface area contributed by atoms with Gasteiger partial charge in [-0.05, 0) is 42.2 Å². The molecule has 1 aliphatic rings. The molecule has 0 aliphatic carbocycles. The number of aromatic amines is 1. The highest BCUT2D eigenvalue weighted by Gasteiger charge is 2.16. The maximum absolute atomic E-state index is 12.5. The smallest absolute Gasteiger partial charge is 0.357 e. The number of aromatic carboxylic acids is 1. The first-order valence-electron chi connectivity index (χ1n) is 9.87. The van der Waals surface area contributed by atoms with Crippen LogP contribution in [0.15, 0.2) is 42.5 Å². The Labute approximate surface area is 173 Å². The van der Waals surface area contributed by atoms with Gasteiger partial charge in [-0.1, -0.05) is 24.3 Å². The number of carboxylic acids is 1. The summed E-state index contributed by atoms with van der Waals surface area (Å²) in [6.07, 6.45) is 2.33. The number of carboxylic acid groups (broad SMARTS) is 1. The Morgan fingerprint density at radius 2 is 2.10 bits per heavy atom. The Morgan fingerprint density at radius 3 is 2.90 bits per heavy atom. The predicted octanol–water partition coefficient (Wildman–Crippen LogP) is 2.89. The van der Waals surface area contributed by atoms with Gasteiger partial charge >= 0.3 is 5.97 Å². The lowest BCUT2D eigenvalue weighted by molar-refractivity contribution is 0.0106. The van der Waals surface area contributed by atoms with E-state index in [0.717, 1.165) is 30.6 Å². The molecular formula is C22H23N3O5. The summed E-state index contributed by atoms with van der Waals surface area (Å²) in [6.45, 7) is 2.26. The monoisotopic (exact) mass is 409 g/mol. The highest BCUT2D eigenvalue weighted by molar-refractivity contribution is 6.04. The highest BCUT2D eigenvalue weighted by Crippen LogP contribution is 2.18. The molecule has 8 nitrogen and oxygen atoms in total. The van der Waals surface area contributed by atoms with E-state index in [-0.39, 0.29) is 17.7 Å². The number of carbonyl (C=O) groups excluding carboxylic acids is 1. The van der Waals surface area contributed by atoms with Crippen molar-refractivity contribution in [2.75, 3.05) is 13.2 Å². The first-order valence-corrected chi connectivity index (χ1v) is 9.87. The summed E-state index contributed by atoms with van der Waals surface area (Å²) in [4.78, 5) is 23.8. The van der Waals surface area contributed by atoms with Gasteiger partial charge in [0.2, 0.25) is 0 Å². The molecule has 1 atom stereocenters. The summed E-state index contributed by atoms with van der Waals surface area (Å²) >= 11 is 0. The first kappa shape index (κ1) is 20.1. The van der Waals surface area contributed by atoms with Gasteiger partial charge in [-0.3, -0.25) is 9.89 Å². The van der Waals surface area contributed by atoms with Gasteiger partial charge in [-0.15, -0.1) is 0 Å². The quantitative estimate of drug-likeness (QED) is 0.527. The molecule has 0 bridgehead atoms. The minimum atomic E-state index is -1.14. The molecule has 0 saturated carbocycles. The van der Waals surface area contributed by atoms with E-state index in [1.807, 2.05) is 24.3 Å². The number of amides is 1. The number of H-pyrrole nitrogens is 1. The number of nitrogens with one attached hydrogen (secondary N) is 2. The van der Waals surface area contributed by atoms with E-state index in [9.17, 15) is 14.7 Å². The van der Waals surface area contributed by atoms with Crippen LogP contribution in [0.4, 0.5) is 0 Å². The lowest BCUT2D eigenvalue weighted by atomic mass is 10.1. The van der Waals surface area contributed by atoms with Crippen molar-refractivity contribution in [1.82, 2.24) is 15.5 Å². The van der Waals surface area contributed by atoms with Gasteiger partial charge in [-0.2, -0.15) is 5.10 Å². The lowest BCUT2D eigenvalue weighted by Crippen LogP contribution is -2.22. The van der Waals surface area contributed by atoms with Crippen molar-refractivity contribution in [1.29, 1.82) is 0 Å². The van der Waals surface area contributed by atoms with Crippen LogP contribution in [0.3, 0.4) is 0 Å². The van der Waals surface area contributed by atoms with Crippen LogP contribution in [0, 0.1) is 0 Å². The Morgan fingerprint density at radius 1 is 1.23 bits per heavy atom. The molecule has 3 N–H and O–H groups in total. The number of carbonyl (C=O) groups is 2. The third-order valence-corrected chi connectivity index (χ3v) is 5.07. The molecule has 4 rings (SSSR count). The van der Waals surface area contributed by atoms with Crippen LogP contribution < -0.4 is 5.32 Å². The van der Waals surface area contributed by atoms with Crippen molar-refractivity contribution in [3.05, 3.63) is 64.8 Å². The van der Waals surface area contributed by atoms with Crippen LogP contribution >= 0.6 is 0 Å². The number of hydrogen-bond donors (Lipinski definition) is 3. The van der Waals surface area contributed by atoms with Gasteiger partial charge in [0.1, 0.15) is 0 Å². The van der Waals surface area contributed by atoms with Gasteiger partial charge in [-0.25, -0.2) is 4.79 Å². The average Bonchev–Trinajstić information content (AvgIpc) is 3.41. The molecule has 30 heavy (non-hydrogen) atoms. The molecule has 1 saturated heterocycles. The Bertz CT molecular complexity index is 1060. The van der Waals surface area contributed by atoms with Gasteiger partial charge in [0, 0.05) is 24.1 Å². The number of hydrogen-bond acceptors (Lipinski definition) is 5. The number of fused-ring (bicyclic) bond motifs is 1. The Hall–Kier alpha value is -3.23. The van der Waals surface area contributed by atoms with E-state index in [1.54, 1.807) is 12.1 Å². The molecular weight excluding hydrogens is 386 g/mol. The molecule has 3 aromatic rings. The van der Waals surface area contributed by atoms with Crippen LogP contribution in [0.5, 0.6) is 0 Å². The minimum Gasteiger partial charge on any atom is -0.476 e. The van der Waals surface area contributed by atoms with E-state index in [4.69, 9.17) is 9.47 Å². The first-order chi connectivity index (χ1) is 14.6. The second-order valence-corrected chi connectivity index (χ2v) is 7.29. The molecule has 1 unspecified atom stereocenters. The largest absolute Gasteiger partial charge is 0.476 e. The van der Waals surface area contributed by atoms with E-state index in [1.165, 1.54) is 6.07 Å².